The van der Waals surface area contributed by atoms with E-state index in [-0.39, 0.29) is 5.91 Å². The van der Waals surface area contributed by atoms with E-state index in [2.05, 4.69) is 20.5 Å². The number of hydrogen-bond donors (Lipinski definition) is 2. The van der Waals surface area contributed by atoms with E-state index in [9.17, 15) is 4.79 Å². The molecule has 0 saturated carbocycles. The lowest BCUT2D eigenvalue weighted by Gasteiger charge is -2.03. The monoisotopic (exact) mass is 233 g/mol. The molecule has 2 heterocycles. The number of nitrogens with zero attached hydrogens (tertiary/aromatic N) is 3. The third-order valence-electron chi connectivity index (χ3n) is 2.49. The van der Waals surface area contributed by atoms with Crippen molar-refractivity contribution in [2.24, 2.45) is 7.05 Å². The number of imidazole rings is 1. The molecule has 1 amide bonds. The van der Waals surface area contributed by atoms with Crippen LogP contribution in [-0.4, -0.2) is 32.2 Å². The summed E-state index contributed by atoms with van der Waals surface area (Å²) >= 11 is 0. The molecule has 0 saturated heterocycles. The molecule has 6 heteroatoms. The van der Waals surface area contributed by atoms with Gasteiger partial charge in [0.25, 0.3) is 5.91 Å². The molecule has 0 bridgehead atoms. The maximum Gasteiger partial charge on any atom is 0.271 e. The molecule has 0 radical (unpaired) electrons. The first kappa shape index (κ1) is 11.4. The fraction of sp³-hybridized carbons (Fsp3) is 0.364. The first-order valence-electron chi connectivity index (χ1n) is 5.43. The van der Waals surface area contributed by atoms with Crippen molar-refractivity contribution in [3.63, 3.8) is 0 Å². The molecule has 6 nitrogen and oxygen atoms in total. The molecule has 17 heavy (non-hydrogen) atoms. The van der Waals surface area contributed by atoms with Crippen LogP contribution in [0.5, 0.6) is 0 Å². The van der Waals surface area contributed by atoms with Crippen LogP contribution in [0.1, 0.15) is 22.0 Å². The van der Waals surface area contributed by atoms with Crippen LogP contribution in [0, 0.1) is 6.92 Å². The summed E-state index contributed by atoms with van der Waals surface area (Å²) in [6.07, 6.45) is 4.33. The topological polar surface area (TPSA) is 75.6 Å². The summed E-state index contributed by atoms with van der Waals surface area (Å²) in [5.74, 6) is 0.784. The Hall–Kier alpha value is -2.11. The summed E-state index contributed by atoms with van der Waals surface area (Å²) in [5.41, 5.74) is 1.29. The van der Waals surface area contributed by atoms with Gasteiger partial charge in [0.05, 0.1) is 0 Å². The van der Waals surface area contributed by atoms with Crippen LogP contribution in [0.25, 0.3) is 0 Å². The van der Waals surface area contributed by atoms with E-state index in [1.165, 1.54) is 0 Å². The number of aryl methyl sites for hydroxylation is 2. The van der Waals surface area contributed by atoms with Crippen LogP contribution < -0.4 is 5.32 Å². The van der Waals surface area contributed by atoms with Crippen molar-refractivity contribution >= 4 is 5.91 Å². The molecular formula is C11H15N5O. The molecule has 2 N–H and O–H groups in total. The van der Waals surface area contributed by atoms with Crippen molar-refractivity contribution in [2.75, 3.05) is 6.54 Å². The van der Waals surface area contributed by atoms with Gasteiger partial charge in [0.1, 0.15) is 11.5 Å². The molecule has 2 rings (SSSR count). The Morgan fingerprint density at radius 2 is 2.41 bits per heavy atom. The van der Waals surface area contributed by atoms with E-state index >= 15 is 0 Å². The quantitative estimate of drug-likeness (QED) is 0.803. The molecule has 0 aliphatic carbocycles. The van der Waals surface area contributed by atoms with Crippen LogP contribution in [-0.2, 0) is 13.5 Å². The van der Waals surface area contributed by atoms with Gasteiger partial charge in [-0.1, -0.05) is 0 Å². The molecule has 0 unspecified atom stereocenters. The Kier molecular flexibility index (Phi) is 3.22. The second-order valence-electron chi connectivity index (χ2n) is 3.90. The molecule has 0 aromatic carbocycles. The summed E-state index contributed by atoms with van der Waals surface area (Å²) in [7, 11) is 1.93. The SMILES string of the molecule is Cc1cc(C(=O)NCCc2nccn2C)n[nH]1. The summed E-state index contributed by atoms with van der Waals surface area (Å²) < 4.78 is 1.94. The maximum absolute atomic E-state index is 11.7. The summed E-state index contributed by atoms with van der Waals surface area (Å²) in [6, 6.07) is 1.72. The number of carbonyl (C=O) groups excluding carboxylic acids is 1. The van der Waals surface area contributed by atoms with Crippen LogP contribution in [0.3, 0.4) is 0 Å². The maximum atomic E-state index is 11.7. The molecule has 2 aromatic heterocycles. The van der Waals surface area contributed by atoms with Crippen molar-refractivity contribution < 1.29 is 4.79 Å². The van der Waals surface area contributed by atoms with Crippen molar-refractivity contribution in [2.45, 2.75) is 13.3 Å². The lowest BCUT2D eigenvalue weighted by atomic mass is 10.3. The highest BCUT2D eigenvalue weighted by atomic mass is 16.1. The Morgan fingerprint density at radius 1 is 1.59 bits per heavy atom. The lowest BCUT2D eigenvalue weighted by molar-refractivity contribution is 0.0949. The number of carbonyl (C=O) groups is 1. The number of H-pyrrole nitrogens is 1. The normalized spacial score (nSPS) is 10.5. The van der Waals surface area contributed by atoms with Gasteiger partial charge in [-0.2, -0.15) is 5.10 Å². The molecule has 0 spiro atoms. The molecule has 2 aromatic rings. The van der Waals surface area contributed by atoms with E-state index < -0.39 is 0 Å². The predicted molar refractivity (Wildman–Crippen MR) is 62.6 cm³/mol. The smallest absolute Gasteiger partial charge is 0.271 e. The number of nitrogens with one attached hydrogen (secondary N) is 2. The summed E-state index contributed by atoms with van der Waals surface area (Å²) in [5, 5.41) is 9.43. The fourth-order valence-electron chi connectivity index (χ4n) is 1.55. The number of hydrogen-bond acceptors (Lipinski definition) is 3. The lowest BCUT2D eigenvalue weighted by Crippen LogP contribution is -2.26. The van der Waals surface area contributed by atoms with Gasteiger partial charge in [0.2, 0.25) is 0 Å². The highest BCUT2D eigenvalue weighted by Crippen LogP contribution is 1.98. The third-order valence-corrected chi connectivity index (χ3v) is 2.49. The first-order chi connectivity index (χ1) is 8.16. The van der Waals surface area contributed by atoms with E-state index in [1.807, 2.05) is 24.7 Å². The van der Waals surface area contributed by atoms with Gasteiger partial charge in [0, 0.05) is 38.1 Å². The van der Waals surface area contributed by atoms with Gasteiger partial charge < -0.3 is 9.88 Å². The van der Waals surface area contributed by atoms with E-state index in [4.69, 9.17) is 0 Å². The minimum Gasteiger partial charge on any atom is -0.350 e. The van der Waals surface area contributed by atoms with Gasteiger partial charge >= 0.3 is 0 Å². The van der Waals surface area contributed by atoms with Crippen molar-refractivity contribution in [1.29, 1.82) is 0 Å². The van der Waals surface area contributed by atoms with Crippen molar-refractivity contribution in [3.8, 4) is 0 Å². The zero-order valence-electron chi connectivity index (χ0n) is 9.90. The molecule has 0 fully saturated rings. The Bertz CT molecular complexity index is 513. The predicted octanol–water partition coefficient (Wildman–Crippen LogP) is 0.424. The van der Waals surface area contributed by atoms with Crippen LogP contribution >= 0.6 is 0 Å². The van der Waals surface area contributed by atoms with Crippen LogP contribution in [0.4, 0.5) is 0 Å². The second kappa shape index (κ2) is 4.82. The Balaban J connectivity index is 1.83. The standard InChI is InChI=1S/C11H15N5O/c1-8-7-9(15-14-8)11(17)13-4-3-10-12-5-6-16(10)2/h5-7H,3-4H2,1-2H3,(H,13,17)(H,14,15). The van der Waals surface area contributed by atoms with Gasteiger partial charge in [-0.25, -0.2) is 4.98 Å². The van der Waals surface area contributed by atoms with E-state index in [1.54, 1.807) is 12.3 Å². The highest BCUT2D eigenvalue weighted by Gasteiger charge is 2.08. The molecule has 0 aliphatic rings. The van der Waals surface area contributed by atoms with Gasteiger partial charge in [-0.15, -0.1) is 0 Å². The summed E-state index contributed by atoms with van der Waals surface area (Å²) in [4.78, 5) is 15.8. The number of amides is 1. The van der Waals surface area contributed by atoms with Crippen LogP contribution in [0.15, 0.2) is 18.5 Å². The van der Waals surface area contributed by atoms with E-state index in [0.717, 1.165) is 11.5 Å². The molecule has 0 atom stereocenters. The third kappa shape index (κ3) is 2.72. The average Bonchev–Trinajstić information content (AvgIpc) is 2.88. The minimum atomic E-state index is -0.163. The van der Waals surface area contributed by atoms with Gasteiger partial charge in [0.15, 0.2) is 0 Å². The molecule has 90 valence electrons. The number of aromatic amines is 1. The summed E-state index contributed by atoms with van der Waals surface area (Å²) in [6.45, 7) is 2.41. The Labute approximate surface area is 99.1 Å². The van der Waals surface area contributed by atoms with Gasteiger partial charge in [-0.3, -0.25) is 9.89 Å². The minimum absolute atomic E-state index is 0.163. The fourth-order valence-corrected chi connectivity index (χ4v) is 1.55. The molecular weight excluding hydrogens is 218 g/mol. The average molecular weight is 233 g/mol. The zero-order valence-corrected chi connectivity index (χ0v) is 9.90. The van der Waals surface area contributed by atoms with Crippen LogP contribution in [0.2, 0.25) is 0 Å². The Morgan fingerprint density at radius 3 is 3.00 bits per heavy atom. The molecule has 0 aliphatic heterocycles. The number of aromatic nitrogens is 4. The first-order valence-corrected chi connectivity index (χ1v) is 5.43. The van der Waals surface area contributed by atoms with Crippen molar-refractivity contribution in [1.82, 2.24) is 25.1 Å². The number of rotatable bonds is 4. The van der Waals surface area contributed by atoms with Crippen molar-refractivity contribution in [3.05, 3.63) is 35.7 Å². The van der Waals surface area contributed by atoms with Gasteiger partial charge in [-0.05, 0) is 13.0 Å². The highest BCUT2D eigenvalue weighted by molar-refractivity contribution is 5.92. The van der Waals surface area contributed by atoms with E-state index in [0.29, 0.717) is 18.7 Å². The zero-order chi connectivity index (χ0) is 12.3. The largest absolute Gasteiger partial charge is 0.350 e. The second-order valence-corrected chi connectivity index (χ2v) is 3.90.